The van der Waals surface area contributed by atoms with Crippen LogP contribution in [0.4, 0.5) is 0 Å². The summed E-state index contributed by atoms with van der Waals surface area (Å²) in [7, 11) is 0. The van der Waals surface area contributed by atoms with Gasteiger partial charge in [-0.2, -0.15) is 0 Å². The van der Waals surface area contributed by atoms with Crippen LogP contribution in [0.5, 0.6) is 0 Å². The van der Waals surface area contributed by atoms with Gasteiger partial charge in [0.15, 0.2) is 4.67 Å². The van der Waals surface area contributed by atoms with Crippen LogP contribution in [0.2, 0.25) is 0 Å². The standard InChI is InChI=1S/C8H8BrN3O2/c9-7-5(2-4-13-7)8-12-11-6(14-8)1-3-10/h2,4H,1,3,10H2. The fourth-order valence-corrected chi connectivity index (χ4v) is 1.44. The van der Waals surface area contributed by atoms with Crippen molar-refractivity contribution in [3.05, 3.63) is 22.9 Å². The maximum Gasteiger partial charge on any atom is 0.252 e. The molecule has 0 amide bonds. The Morgan fingerprint density at radius 1 is 1.43 bits per heavy atom. The van der Waals surface area contributed by atoms with Crippen LogP contribution < -0.4 is 5.73 Å². The molecule has 2 N–H and O–H groups in total. The van der Waals surface area contributed by atoms with Gasteiger partial charge in [0, 0.05) is 13.0 Å². The number of hydrogen-bond donors (Lipinski definition) is 1. The number of rotatable bonds is 3. The van der Waals surface area contributed by atoms with Gasteiger partial charge < -0.3 is 14.6 Å². The number of hydrogen-bond acceptors (Lipinski definition) is 5. The summed E-state index contributed by atoms with van der Waals surface area (Å²) < 4.78 is 11.0. The Balaban J connectivity index is 2.29. The minimum absolute atomic E-state index is 0.439. The van der Waals surface area contributed by atoms with E-state index in [-0.39, 0.29) is 0 Å². The minimum atomic E-state index is 0.439. The average molecular weight is 258 g/mol. The quantitative estimate of drug-likeness (QED) is 0.904. The predicted molar refractivity (Wildman–Crippen MR) is 52.5 cm³/mol. The fraction of sp³-hybridized carbons (Fsp3) is 0.250. The molecule has 0 aliphatic heterocycles. The van der Waals surface area contributed by atoms with Crippen molar-refractivity contribution in [2.45, 2.75) is 6.42 Å². The second-order valence-electron chi connectivity index (χ2n) is 2.65. The average Bonchev–Trinajstić information content (AvgIpc) is 2.74. The van der Waals surface area contributed by atoms with E-state index in [1.54, 1.807) is 12.3 Å². The Hall–Kier alpha value is -1.14. The van der Waals surface area contributed by atoms with Gasteiger partial charge in [0.1, 0.15) is 0 Å². The molecule has 0 fully saturated rings. The van der Waals surface area contributed by atoms with Crippen molar-refractivity contribution in [1.29, 1.82) is 0 Å². The smallest absolute Gasteiger partial charge is 0.252 e. The van der Waals surface area contributed by atoms with Crippen LogP contribution in [0.3, 0.4) is 0 Å². The lowest BCUT2D eigenvalue weighted by Gasteiger charge is -1.88. The van der Waals surface area contributed by atoms with Crippen molar-refractivity contribution < 1.29 is 8.83 Å². The minimum Gasteiger partial charge on any atom is -0.457 e. The van der Waals surface area contributed by atoms with Gasteiger partial charge in [0.2, 0.25) is 5.89 Å². The van der Waals surface area contributed by atoms with Gasteiger partial charge in [-0.1, -0.05) is 0 Å². The molecule has 6 heteroatoms. The summed E-state index contributed by atoms with van der Waals surface area (Å²) in [6, 6.07) is 1.75. The largest absolute Gasteiger partial charge is 0.457 e. The summed E-state index contributed by atoms with van der Waals surface area (Å²) in [6.07, 6.45) is 2.13. The van der Waals surface area contributed by atoms with E-state index >= 15 is 0 Å². The van der Waals surface area contributed by atoms with E-state index < -0.39 is 0 Å². The topological polar surface area (TPSA) is 78.1 Å². The van der Waals surface area contributed by atoms with Crippen LogP contribution in [0.1, 0.15) is 5.89 Å². The predicted octanol–water partition coefficient (Wildman–Crippen LogP) is 1.59. The first kappa shape index (κ1) is 9.42. The lowest BCUT2D eigenvalue weighted by molar-refractivity contribution is 0.502. The first-order valence-corrected chi connectivity index (χ1v) is 4.86. The molecular formula is C8H8BrN3O2. The number of nitrogens with zero attached hydrogens (tertiary/aromatic N) is 2. The molecule has 0 aliphatic rings. The first-order valence-electron chi connectivity index (χ1n) is 4.07. The Kier molecular flexibility index (Phi) is 2.64. The van der Waals surface area contributed by atoms with Crippen molar-refractivity contribution in [1.82, 2.24) is 10.2 Å². The van der Waals surface area contributed by atoms with Crippen LogP contribution in [0.15, 0.2) is 25.8 Å². The summed E-state index contributed by atoms with van der Waals surface area (Å²) in [4.78, 5) is 0. The van der Waals surface area contributed by atoms with E-state index in [1.807, 2.05) is 0 Å². The van der Waals surface area contributed by atoms with Crippen molar-refractivity contribution in [3.63, 3.8) is 0 Å². The Bertz CT molecular complexity index is 424. The lowest BCUT2D eigenvalue weighted by atomic mass is 10.3. The molecule has 0 unspecified atom stereocenters. The maximum atomic E-state index is 5.36. The monoisotopic (exact) mass is 257 g/mol. The summed E-state index contributed by atoms with van der Waals surface area (Å²) >= 11 is 3.23. The fourth-order valence-electron chi connectivity index (χ4n) is 1.03. The molecule has 0 aliphatic carbocycles. The third kappa shape index (κ3) is 1.71. The van der Waals surface area contributed by atoms with E-state index in [0.717, 1.165) is 5.56 Å². The van der Waals surface area contributed by atoms with Crippen LogP contribution in [0.25, 0.3) is 11.5 Å². The zero-order chi connectivity index (χ0) is 9.97. The third-order valence-corrected chi connectivity index (χ3v) is 2.29. The Morgan fingerprint density at radius 2 is 2.29 bits per heavy atom. The van der Waals surface area contributed by atoms with E-state index in [9.17, 15) is 0 Å². The highest BCUT2D eigenvalue weighted by Gasteiger charge is 2.13. The molecule has 0 aromatic carbocycles. The molecule has 2 aromatic rings. The first-order chi connectivity index (χ1) is 6.81. The molecule has 0 saturated heterocycles. The van der Waals surface area contributed by atoms with Crippen LogP contribution in [-0.4, -0.2) is 16.7 Å². The van der Waals surface area contributed by atoms with Gasteiger partial charge in [0.25, 0.3) is 5.89 Å². The van der Waals surface area contributed by atoms with E-state index in [1.165, 1.54) is 0 Å². The van der Waals surface area contributed by atoms with Crippen molar-refractivity contribution >= 4 is 15.9 Å². The third-order valence-electron chi connectivity index (χ3n) is 1.67. The van der Waals surface area contributed by atoms with Crippen LogP contribution >= 0.6 is 15.9 Å². The van der Waals surface area contributed by atoms with Crippen molar-refractivity contribution in [2.75, 3.05) is 6.54 Å². The van der Waals surface area contributed by atoms with Gasteiger partial charge in [-0.3, -0.25) is 0 Å². The molecule has 0 saturated carbocycles. The highest BCUT2D eigenvalue weighted by Crippen LogP contribution is 2.27. The molecule has 2 rings (SSSR count). The molecule has 14 heavy (non-hydrogen) atoms. The second-order valence-corrected chi connectivity index (χ2v) is 3.37. The number of nitrogens with two attached hydrogens (primary N) is 1. The molecule has 0 radical (unpaired) electrons. The van der Waals surface area contributed by atoms with Crippen molar-refractivity contribution in [2.24, 2.45) is 5.73 Å². The SMILES string of the molecule is NCCc1nnc(-c2ccoc2Br)o1. The molecule has 2 heterocycles. The normalized spacial score (nSPS) is 10.7. The number of aromatic nitrogens is 2. The number of halogens is 1. The summed E-state index contributed by atoms with van der Waals surface area (Å²) in [5, 5.41) is 7.72. The molecule has 0 bridgehead atoms. The molecular weight excluding hydrogens is 250 g/mol. The van der Waals surface area contributed by atoms with Crippen molar-refractivity contribution in [3.8, 4) is 11.5 Å². The Labute approximate surface area is 88.4 Å². The van der Waals surface area contributed by atoms with Gasteiger partial charge >= 0.3 is 0 Å². The maximum absolute atomic E-state index is 5.36. The summed E-state index contributed by atoms with van der Waals surface area (Å²) in [6.45, 7) is 0.494. The summed E-state index contributed by atoms with van der Waals surface area (Å²) in [5.74, 6) is 0.977. The van der Waals surface area contributed by atoms with Gasteiger partial charge in [0.05, 0.1) is 11.8 Å². The highest BCUT2D eigenvalue weighted by molar-refractivity contribution is 9.10. The molecule has 74 valence electrons. The zero-order valence-electron chi connectivity index (χ0n) is 7.24. The summed E-state index contributed by atoms with van der Waals surface area (Å²) in [5.41, 5.74) is 6.11. The molecule has 5 nitrogen and oxygen atoms in total. The second kappa shape index (κ2) is 3.93. The lowest BCUT2D eigenvalue weighted by Crippen LogP contribution is -2.02. The van der Waals surface area contributed by atoms with Gasteiger partial charge in [-0.25, -0.2) is 0 Å². The Morgan fingerprint density at radius 3 is 2.93 bits per heavy atom. The van der Waals surface area contributed by atoms with Gasteiger partial charge in [-0.15, -0.1) is 10.2 Å². The van der Waals surface area contributed by atoms with E-state index in [2.05, 4.69) is 26.1 Å². The molecule has 2 aromatic heterocycles. The highest BCUT2D eigenvalue weighted by atomic mass is 79.9. The van der Waals surface area contributed by atoms with Crippen LogP contribution in [0, 0.1) is 0 Å². The van der Waals surface area contributed by atoms with E-state index in [4.69, 9.17) is 14.6 Å². The van der Waals surface area contributed by atoms with Gasteiger partial charge in [-0.05, 0) is 22.0 Å². The van der Waals surface area contributed by atoms with E-state index in [0.29, 0.717) is 29.4 Å². The molecule has 0 spiro atoms. The van der Waals surface area contributed by atoms with Crippen LogP contribution in [-0.2, 0) is 6.42 Å². The zero-order valence-corrected chi connectivity index (χ0v) is 8.82. The number of furan rings is 1. The molecule has 0 atom stereocenters.